The number of hydrogen-bond acceptors (Lipinski definition) is 6. The van der Waals surface area contributed by atoms with Crippen molar-refractivity contribution in [3.8, 4) is 5.75 Å². The Morgan fingerprint density at radius 2 is 1.21 bits per heavy atom. The van der Waals surface area contributed by atoms with Crippen LogP contribution in [0.4, 0.5) is 0 Å². The Kier molecular flexibility index (Phi) is 21.9. The van der Waals surface area contributed by atoms with E-state index >= 15 is 0 Å². The number of carbonyl (C=O) groups excluding carboxylic acids is 3. The quantitative estimate of drug-likeness (QED) is 0.0650. The third-order valence-corrected chi connectivity index (χ3v) is 7.27. The molecule has 0 saturated carbocycles. The van der Waals surface area contributed by atoms with E-state index < -0.39 is 17.8 Å². The van der Waals surface area contributed by atoms with Gasteiger partial charge in [0.25, 0.3) is 0 Å². The first-order chi connectivity index (χ1) is 20.4. The van der Waals surface area contributed by atoms with E-state index in [0.717, 1.165) is 29.7 Å². The molecule has 7 heteroatoms. The summed E-state index contributed by atoms with van der Waals surface area (Å²) in [6, 6.07) is 7.60. The van der Waals surface area contributed by atoms with E-state index in [0.29, 0.717) is 5.75 Å². The molecule has 0 aliphatic rings. The van der Waals surface area contributed by atoms with Gasteiger partial charge in [0.15, 0.2) is 0 Å². The number of nitrogens with zero attached hydrogens (tertiary/aromatic N) is 1. The minimum atomic E-state index is -0.578. The van der Waals surface area contributed by atoms with Crippen LogP contribution in [0.1, 0.15) is 130 Å². The molecule has 1 atom stereocenters. The van der Waals surface area contributed by atoms with Crippen molar-refractivity contribution in [2.75, 3.05) is 26.3 Å². The highest BCUT2D eigenvalue weighted by Gasteiger charge is 2.20. The van der Waals surface area contributed by atoms with E-state index in [4.69, 9.17) is 14.2 Å². The predicted octanol–water partition coefficient (Wildman–Crippen LogP) is 8.29. The zero-order valence-electron chi connectivity index (χ0n) is 26.9. The third-order valence-electron chi connectivity index (χ3n) is 7.27. The SMILES string of the molecule is CCCCCCCCCCCCCCCC(CC)Oc1ccccc1/C=C/C(=O)N(CC(=O)OCC)CC(=O)OCC. The molecule has 1 rings (SSSR count). The van der Waals surface area contributed by atoms with E-state index in [1.54, 1.807) is 19.9 Å². The molecule has 0 aromatic heterocycles. The standard InChI is InChI=1S/C35H57NO6/c1-5-9-10-11-12-13-14-15-16-17-18-19-20-24-31(6-2)42-32-25-22-21-23-30(32)26-27-33(37)36(28-34(38)40-7-3)29-35(39)41-8-4/h21-23,25-27,31H,5-20,24,28-29H2,1-4H3/b27-26+. The number of ether oxygens (including phenoxy) is 3. The van der Waals surface area contributed by atoms with Gasteiger partial charge in [0.1, 0.15) is 18.8 Å². The normalized spacial score (nSPS) is 11.8. The summed E-state index contributed by atoms with van der Waals surface area (Å²) in [5, 5.41) is 0. The van der Waals surface area contributed by atoms with Gasteiger partial charge in [0.05, 0.1) is 19.3 Å². The van der Waals surface area contributed by atoms with Crippen LogP contribution in [0, 0.1) is 0 Å². The first-order valence-electron chi connectivity index (χ1n) is 16.5. The van der Waals surface area contributed by atoms with Crippen molar-refractivity contribution in [2.24, 2.45) is 0 Å². The lowest BCUT2D eigenvalue weighted by Gasteiger charge is -2.20. The van der Waals surface area contributed by atoms with Gasteiger partial charge in [-0.15, -0.1) is 0 Å². The molecule has 0 radical (unpaired) electrons. The predicted molar refractivity (Wildman–Crippen MR) is 170 cm³/mol. The Morgan fingerprint density at radius 3 is 1.71 bits per heavy atom. The summed E-state index contributed by atoms with van der Waals surface area (Å²) in [5.41, 5.74) is 0.766. The molecule has 1 amide bonds. The van der Waals surface area contributed by atoms with E-state index in [-0.39, 0.29) is 32.4 Å². The highest BCUT2D eigenvalue weighted by molar-refractivity contribution is 5.95. The Morgan fingerprint density at radius 1 is 0.714 bits per heavy atom. The van der Waals surface area contributed by atoms with Crippen molar-refractivity contribution in [2.45, 2.75) is 130 Å². The third kappa shape index (κ3) is 17.9. The largest absolute Gasteiger partial charge is 0.490 e. The lowest BCUT2D eigenvalue weighted by atomic mass is 10.0. The fraction of sp³-hybridized carbons (Fsp3) is 0.686. The molecule has 238 valence electrons. The van der Waals surface area contributed by atoms with Crippen LogP contribution in [0.3, 0.4) is 0 Å². The molecular formula is C35H57NO6. The topological polar surface area (TPSA) is 82.1 Å². The fourth-order valence-electron chi connectivity index (χ4n) is 4.84. The Balaban J connectivity index is 2.53. The van der Waals surface area contributed by atoms with Crippen LogP contribution >= 0.6 is 0 Å². The summed E-state index contributed by atoms with van der Waals surface area (Å²) in [6.07, 6.45) is 22.4. The van der Waals surface area contributed by atoms with E-state index in [1.165, 1.54) is 83.1 Å². The number of benzene rings is 1. The first-order valence-corrected chi connectivity index (χ1v) is 16.5. The molecule has 42 heavy (non-hydrogen) atoms. The highest BCUT2D eigenvalue weighted by Crippen LogP contribution is 2.24. The molecule has 0 bridgehead atoms. The van der Waals surface area contributed by atoms with Gasteiger partial charge in [-0.3, -0.25) is 14.4 Å². The molecule has 7 nitrogen and oxygen atoms in total. The van der Waals surface area contributed by atoms with Gasteiger partial charge in [-0.05, 0) is 45.3 Å². The molecule has 0 heterocycles. The summed E-state index contributed by atoms with van der Waals surface area (Å²) in [7, 11) is 0. The van der Waals surface area contributed by atoms with E-state index in [2.05, 4.69) is 13.8 Å². The summed E-state index contributed by atoms with van der Waals surface area (Å²) >= 11 is 0. The highest BCUT2D eigenvalue weighted by atomic mass is 16.5. The van der Waals surface area contributed by atoms with Gasteiger partial charge in [0, 0.05) is 11.6 Å². The van der Waals surface area contributed by atoms with E-state index in [9.17, 15) is 14.4 Å². The van der Waals surface area contributed by atoms with Gasteiger partial charge in [-0.25, -0.2) is 0 Å². The van der Waals surface area contributed by atoms with Gasteiger partial charge in [-0.1, -0.05) is 109 Å². The molecule has 1 aromatic carbocycles. The summed E-state index contributed by atoms with van der Waals surface area (Å²) in [6.45, 7) is 7.51. The zero-order valence-corrected chi connectivity index (χ0v) is 26.9. The van der Waals surface area contributed by atoms with Gasteiger partial charge in [0.2, 0.25) is 5.91 Å². The molecule has 0 spiro atoms. The molecule has 0 aliphatic carbocycles. The number of para-hydroxylation sites is 1. The fourth-order valence-corrected chi connectivity index (χ4v) is 4.84. The second-order valence-electron chi connectivity index (χ2n) is 10.9. The monoisotopic (exact) mass is 587 g/mol. The first kappa shape index (κ1) is 37.2. The average molecular weight is 588 g/mol. The van der Waals surface area contributed by atoms with Crippen molar-refractivity contribution < 1.29 is 28.6 Å². The number of esters is 2. The maximum atomic E-state index is 12.9. The zero-order chi connectivity index (χ0) is 30.8. The van der Waals surface area contributed by atoms with Crippen LogP contribution in [0.5, 0.6) is 5.75 Å². The van der Waals surface area contributed by atoms with Crippen molar-refractivity contribution in [1.29, 1.82) is 0 Å². The number of amides is 1. The molecule has 1 aromatic rings. The number of unbranched alkanes of at least 4 members (excludes halogenated alkanes) is 12. The van der Waals surface area contributed by atoms with Crippen LogP contribution in [0.2, 0.25) is 0 Å². The maximum Gasteiger partial charge on any atom is 0.325 e. The van der Waals surface area contributed by atoms with E-state index in [1.807, 2.05) is 24.3 Å². The van der Waals surface area contributed by atoms with Crippen LogP contribution in [0.25, 0.3) is 6.08 Å². The maximum absolute atomic E-state index is 12.9. The van der Waals surface area contributed by atoms with Gasteiger partial charge in [-0.2, -0.15) is 0 Å². The van der Waals surface area contributed by atoms with Gasteiger partial charge < -0.3 is 19.1 Å². The van der Waals surface area contributed by atoms with Crippen LogP contribution in [0.15, 0.2) is 30.3 Å². The van der Waals surface area contributed by atoms with Crippen LogP contribution in [-0.2, 0) is 23.9 Å². The van der Waals surface area contributed by atoms with Crippen molar-refractivity contribution in [3.05, 3.63) is 35.9 Å². The van der Waals surface area contributed by atoms with Crippen molar-refractivity contribution in [3.63, 3.8) is 0 Å². The van der Waals surface area contributed by atoms with Crippen molar-refractivity contribution >= 4 is 23.9 Å². The van der Waals surface area contributed by atoms with Crippen LogP contribution in [-0.4, -0.2) is 55.2 Å². The average Bonchev–Trinajstić information content (AvgIpc) is 2.98. The summed E-state index contributed by atoms with van der Waals surface area (Å²) < 4.78 is 16.3. The minimum absolute atomic E-state index is 0.104. The molecule has 1 unspecified atom stereocenters. The number of hydrogen-bond donors (Lipinski definition) is 0. The van der Waals surface area contributed by atoms with Gasteiger partial charge >= 0.3 is 11.9 Å². The lowest BCUT2D eigenvalue weighted by Crippen LogP contribution is -2.39. The molecular weight excluding hydrogens is 530 g/mol. The molecule has 0 N–H and O–H groups in total. The molecule has 0 saturated heterocycles. The molecule has 0 fully saturated rings. The number of carbonyl (C=O) groups is 3. The molecule has 0 aliphatic heterocycles. The second kappa shape index (κ2) is 24.7. The second-order valence-corrected chi connectivity index (χ2v) is 10.9. The Hall–Kier alpha value is -2.83. The lowest BCUT2D eigenvalue weighted by molar-refractivity contribution is -0.152. The Bertz CT molecular complexity index is 879. The smallest absolute Gasteiger partial charge is 0.325 e. The number of rotatable bonds is 25. The Labute approximate surface area is 255 Å². The minimum Gasteiger partial charge on any atom is -0.490 e. The summed E-state index contributed by atoms with van der Waals surface area (Å²) in [4.78, 5) is 38.0. The van der Waals surface area contributed by atoms with Crippen LogP contribution < -0.4 is 4.74 Å². The van der Waals surface area contributed by atoms with Crippen molar-refractivity contribution in [1.82, 2.24) is 4.90 Å². The summed E-state index contributed by atoms with van der Waals surface area (Å²) in [5.74, 6) is -0.923.